The lowest BCUT2D eigenvalue weighted by atomic mass is 9.56. The number of nitrogens with one attached hydrogen (secondary N) is 1. The Morgan fingerprint density at radius 1 is 1.18 bits per heavy atom. The SMILES string of the molecule is CCCN1CCC(Nc2ccc3c(c2O)C(=O)C2=C(O)[C@]4(O)C(=O)C(C(N)=O)=C(O)C[C@@H]4[C@@H](O)[C@@H]2[C@H]3C)CC1. The summed E-state index contributed by atoms with van der Waals surface area (Å²) < 4.78 is 0. The number of amides is 1. The number of phenols is 1. The van der Waals surface area contributed by atoms with E-state index >= 15 is 0 Å². The predicted octanol–water partition coefficient (Wildman–Crippen LogP) is 1.40. The Morgan fingerprint density at radius 3 is 2.46 bits per heavy atom. The Morgan fingerprint density at radius 2 is 1.85 bits per heavy atom. The van der Waals surface area contributed by atoms with Gasteiger partial charge in [-0.2, -0.15) is 0 Å². The number of phenolic OH excluding ortho intramolecular Hbond substituents is 1. The molecule has 5 rings (SSSR count). The second kappa shape index (κ2) is 9.65. The molecule has 5 atom stereocenters. The number of allylic oxidation sites excluding steroid dienone is 1. The van der Waals surface area contributed by atoms with Crippen molar-refractivity contribution in [2.24, 2.45) is 17.6 Å². The molecule has 0 bridgehead atoms. The summed E-state index contributed by atoms with van der Waals surface area (Å²) >= 11 is 0. The highest BCUT2D eigenvalue weighted by atomic mass is 16.4. The number of hydrogen-bond acceptors (Lipinski definition) is 10. The van der Waals surface area contributed by atoms with Crippen LogP contribution in [-0.4, -0.2) is 85.3 Å². The number of piperidine rings is 1. The molecule has 1 aromatic rings. The van der Waals surface area contributed by atoms with Crippen LogP contribution in [-0.2, 0) is 9.59 Å². The maximum atomic E-state index is 13.8. The second-order valence-corrected chi connectivity index (χ2v) is 11.2. The van der Waals surface area contributed by atoms with Crippen LogP contribution in [0.15, 0.2) is 34.8 Å². The van der Waals surface area contributed by atoms with Crippen LogP contribution in [0.25, 0.3) is 0 Å². The monoisotopic (exact) mass is 541 g/mol. The molecule has 1 aliphatic heterocycles. The number of fused-ring (bicyclic) bond motifs is 3. The largest absolute Gasteiger partial charge is 0.511 e. The third kappa shape index (κ3) is 3.94. The average Bonchev–Trinajstić information content (AvgIpc) is 2.89. The maximum absolute atomic E-state index is 13.8. The molecule has 11 heteroatoms. The summed E-state index contributed by atoms with van der Waals surface area (Å²) in [5.41, 5.74) is 1.82. The summed E-state index contributed by atoms with van der Waals surface area (Å²) in [6, 6.07) is 3.47. The van der Waals surface area contributed by atoms with Gasteiger partial charge in [0.25, 0.3) is 5.91 Å². The normalized spacial score (nSPS) is 31.6. The van der Waals surface area contributed by atoms with Crippen molar-refractivity contribution in [2.45, 2.75) is 63.2 Å². The van der Waals surface area contributed by atoms with E-state index in [2.05, 4.69) is 17.1 Å². The van der Waals surface area contributed by atoms with Gasteiger partial charge in [0.1, 0.15) is 22.8 Å². The zero-order valence-electron chi connectivity index (χ0n) is 22.0. The van der Waals surface area contributed by atoms with Crippen LogP contribution in [0.3, 0.4) is 0 Å². The van der Waals surface area contributed by atoms with E-state index in [1.54, 1.807) is 19.1 Å². The van der Waals surface area contributed by atoms with Crippen LogP contribution in [0.1, 0.15) is 61.4 Å². The summed E-state index contributed by atoms with van der Waals surface area (Å²) in [5, 5.41) is 58.9. The molecule has 0 radical (unpaired) electrons. The third-order valence-corrected chi connectivity index (χ3v) is 8.99. The summed E-state index contributed by atoms with van der Waals surface area (Å²) in [7, 11) is 0. The number of aliphatic hydroxyl groups excluding tert-OH is 3. The quantitative estimate of drug-likeness (QED) is 0.212. The van der Waals surface area contributed by atoms with E-state index in [4.69, 9.17) is 5.73 Å². The van der Waals surface area contributed by atoms with Crippen LogP contribution in [0, 0.1) is 11.8 Å². The molecule has 1 amide bonds. The third-order valence-electron chi connectivity index (χ3n) is 8.99. The van der Waals surface area contributed by atoms with Crippen LogP contribution in [0.2, 0.25) is 0 Å². The molecule has 210 valence electrons. The summed E-state index contributed by atoms with van der Waals surface area (Å²) in [6.07, 6.45) is 0.752. The van der Waals surface area contributed by atoms with Crippen molar-refractivity contribution in [1.82, 2.24) is 4.90 Å². The van der Waals surface area contributed by atoms with E-state index < -0.39 is 76.0 Å². The minimum Gasteiger partial charge on any atom is -0.511 e. The lowest BCUT2D eigenvalue weighted by Crippen LogP contribution is -2.62. The number of anilines is 1. The van der Waals surface area contributed by atoms with Gasteiger partial charge >= 0.3 is 0 Å². The number of primary amides is 1. The molecule has 1 heterocycles. The van der Waals surface area contributed by atoms with Gasteiger partial charge < -0.3 is 41.5 Å². The standard InChI is InChI=1S/C28H35N3O8/c1-3-8-31-9-6-13(7-10-31)30-16-5-4-14-12(2)18-21(24(35)19(14)23(16)34)26(37)28(39)15(22(18)33)11-17(32)20(25(28)36)27(29)38/h4-5,12-13,15,18,22,30,32-34,37,39H,3,6-11H2,1-2H3,(H2,29,38)/t12-,15+,18+,22+,28+/m0/s1. The first-order valence-corrected chi connectivity index (χ1v) is 13.4. The van der Waals surface area contributed by atoms with Crippen LogP contribution in [0.4, 0.5) is 5.69 Å². The number of aliphatic hydroxyl groups is 4. The highest BCUT2D eigenvalue weighted by Crippen LogP contribution is 2.55. The van der Waals surface area contributed by atoms with Gasteiger partial charge in [-0.15, -0.1) is 0 Å². The molecule has 0 aromatic heterocycles. The fourth-order valence-electron chi connectivity index (χ4n) is 6.95. The van der Waals surface area contributed by atoms with Crippen LogP contribution >= 0.6 is 0 Å². The Hall–Kier alpha value is -3.41. The molecule has 4 aliphatic rings. The molecule has 0 unspecified atom stereocenters. The number of benzene rings is 1. The Labute approximate surface area is 225 Å². The number of likely N-dealkylation sites (tertiary alicyclic amines) is 1. The Bertz CT molecular complexity index is 1310. The highest BCUT2D eigenvalue weighted by molar-refractivity contribution is 6.24. The average molecular weight is 542 g/mol. The minimum absolute atomic E-state index is 0.0836. The first-order chi connectivity index (χ1) is 18.4. The van der Waals surface area contributed by atoms with Crippen LogP contribution < -0.4 is 11.1 Å². The molecule has 1 aromatic carbocycles. The van der Waals surface area contributed by atoms with Gasteiger partial charge in [-0.1, -0.05) is 19.9 Å². The molecule has 0 spiro atoms. The number of nitrogens with zero attached hydrogens (tertiary/aromatic N) is 1. The fraction of sp³-hybridized carbons (Fsp3) is 0.536. The van der Waals surface area contributed by atoms with Gasteiger partial charge in [0.05, 0.1) is 17.4 Å². The van der Waals surface area contributed by atoms with Gasteiger partial charge in [-0.05, 0) is 43.4 Å². The van der Waals surface area contributed by atoms with E-state index in [-0.39, 0.29) is 17.4 Å². The number of carbonyl (C=O) groups excluding carboxylic acids is 3. The van der Waals surface area contributed by atoms with Crippen molar-refractivity contribution < 1.29 is 39.9 Å². The molecule has 3 aliphatic carbocycles. The zero-order valence-corrected chi connectivity index (χ0v) is 22.0. The van der Waals surface area contributed by atoms with Crippen LogP contribution in [0.5, 0.6) is 5.75 Å². The Balaban J connectivity index is 1.54. The van der Waals surface area contributed by atoms with E-state index in [1.165, 1.54) is 0 Å². The van der Waals surface area contributed by atoms with Crippen molar-refractivity contribution in [3.63, 3.8) is 0 Å². The molecule has 39 heavy (non-hydrogen) atoms. The number of rotatable bonds is 5. The molecule has 11 nitrogen and oxygen atoms in total. The van der Waals surface area contributed by atoms with Gasteiger partial charge in [0.15, 0.2) is 11.4 Å². The lowest BCUT2D eigenvalue weighted by molar-refractivity contribution is -0.154. The molecule has 0 saturated carbocycles. The summed E-state index contributed by atoms with van der Waals surface area (Å²) in [5.74, 6) is -8.59. The fourth-order valence-corrected chi connectivity index (χ4v) is 6.95. The van der Waals surface area contributed by atoms with Crippen molar-refractivity contribution in [2.75, 3.05) is 25.0 Å². The van der Waals surface area contributed by atoms with Crippen molar-refractivity contribution >= 4 is 23.2 Å². The zero-order chi connectivity index (χ0) is 28.4. The molecule has 1 fully saturated rings. The summed E-state index contributed by atoms with van der Waals surface area (Å²) in [6.45, 7) is 6.71. The molecular formula is C28H35N3O8. The smallest absolute Gasteiger partial charge is 0.255 e. The number of hydrogen-bond donors (Lipinski definition) is 7. The van der Waals surface area contributed by atoms with E-state index in [0.717, 1.165) is 38.9 Å². The first kappa shape index (κ1) is 27.2. The van der Waals surface area contributed by atoms with Crippen molar-refractivity contribution in [3.8, 4) is 5.75 Å². The lowest BCUT2D eigenvalue weighted by Gasteiger charge is -2.50. The highest BCUT2D eigenvalue weighted by Gasteiger charge is 2.64. The van der Waals surface area contributed by atoms with Gasteiger partial charge in [-0.25, -0.2) is 0 Å². The topological polar surface area (TPSA) is 194 Å². The maximum Gasteiger partial charge on any atom is 0.255 e. The first-order valence-electron chi connectivity index (χ1n) is 13.4. The van der Waals surface area contributed by atoms with E-state index in [9.17, 15) is 39.9 Å². The number of ketones is 2. The summed E-state index contributed by atoms with van der Waals surface area (Å²) in [4.78, 5) is 41.2. The number of carbonyl (C=O) groups is 3. The predicted molar refractivity (Wildman–Crippen MR) is 140 cm³/mol. The van der Waals surface area contributed by atoms with E-state index in [0.29, 0.717) is 11.3 Å². The van der Waals surface area contributed by atoms with Crippen molar-refractivity contribution in [3.05, 3.63) is 45.9 Å². The van der Waals surface area contributed by atoms with E-state index in [1.807, 2.05) is 0 Å². The number of Topliss-reactive ketones (excluding diaryl/α,β-unsaturated/α-hetero) is 2. The molecule has 1 saturated heterocycles. The Kier molecular flexibility index (Phi) is 6.72. The van der Waals surface area contributed by atoms with Gasteiger partial charge in [0, 0.05) is 43.0 Å². The number of nitrogens with two attached hydrogens (primary N) is 1. The second-order valence-electron chi connectivity index (χ2n) is 11.2. The number of aromatic hydroxyl groups is 1. The molecule has 8 N–H and O–H groups in total. The molecular weight excluding hydrogens is 506 g/mol. The van der Waals surface area contributed by atoms with Gasteiger partial charge in [-0.3, -0.25) is 14.4 Å². The minimum atomic E-state index is -2.84. The van der Waals surface area contributed by atoms with Crippen molar-refractivity contribution in [1.29, 1.82) is 0 Å². The van der Waals surface area contributed by atoms with Gasteiger partial charge in [0.2, 0.25) is 5.78 Å².